The minimum Gasteiger partial charge on any atom is -0.490 e. The van der Waals surface area contributed by atoms with Gasteiger partial charge in [-0.3, -0.25) is 4.57 Å². The Morgan fingerprint density at radius 2 is 1.78 bits per heavy atom. The van der Waals surface area contributed by atoms with E-state index in [0.29, 0.717) is 33.4 Å². The second-order valence-corrected chi connectivity index (χ2v) is 8.72. The Labute approximate surface area is 194 Å². The molecular formula is C22H24Cl2N4O4. The lowest BCUT2D eigenvalue weighted by Crippen LogP contribution is -2.43. The molecule has 1 saturated heterocycles. The van der Waals surface area contributed by atoms with E-state index < -0.39 is 17.8 Å². The molecule has 8 nitrogen and oxygen atoms in total. The first-order valence-electron chi connectivity index (χ1n) is 10.4. The number of nitrogens with two attached hydrogens (primary N) is 1. The number of aliphatic hydroxyl groups is 1. The van der Waals surface area contributed by atoms with E-state index in [1.807, 2.05) is 0 Å². The van der Waals surface area contributed by atoms with E-state index in [4.69, 9.17) is 33.7 Å². The third kappa shape index (κ3) is 4.78. The van der Waals surface area contributed by atoms with Crippen molar-refractivity contribution in [2.45, 2.75) is 31.6 Å². The van der Waals surface area contributed by atoms with Crippen LogP contribution in [0.5, 0.6) is 5.75 Å². The highest BCUT2D eigenvalue weighted by Crippen LogP contribution is 2.28. The van der Waals surface area contributed by atoms with Gasteiger partial charge in [-0.1, -0.05) is 35.3 Å². The Kier molecular flexibility index (Phi) is 6.76. The first-order chi connectivity index (χ1) is 15.3. The minimum atomic E-state index is -0.844. The number of nitrogens with zero attached hydrogens (tertiary/aromatic N) is 3. The Morgan fingerprint density at radius 1 is 1.09 bits per heavy atom. The summed E-state index contributed by atoms with van der Waals surface area (Å²) in [5.41, 5.74) is 5.81. The van der Waals surface area contributed by atoms with E-state index in [9.17, 15) is 14.7 Å². The van der Waals surface area contributed by atoms with Crippen LogP contribution in [0.1, 0.15) is 12.8 Å². The summed E-state index contributed by atoms with van der Waals surface area (Å²) in [4.78, 5) is 26.5. The number of benzene rings is 2. The van der Waals surface area contributed by atoms with Crippen molar-refractivity contribution in [1.29, 1.82) is 0 Å². The van der Waals surface area contributed by atoms with Crippen LogP contribution in [0.2, 0.25) is 10.0 Å². The molecule has 1 fully saturated rings. The number of amides is 1. The van der Waals surface area contributed by atoms with Crippen molar-refractivity contribution in [3.63, 3.8) is 0 Å². The summed E-state index contributed by atoms with van der Waals surface area (Å²) in [5.74, 6) is 0.683. The van der Waals surface area contributed by atoms with Gasteiger partial charge in [-0.25, -0.2) is 14.2 Å². The predicted molar refractivity (Wildman–Crippen MR) is 124 cm³/mol. The molecule has 10 heteroatoms. The molecule has 1 amide bonds. The van der Waals surface area contributed by atoms with E-state index >= 15 is 0 Å². The van der Waals surface area contributed by atoms with E-state index in [1.165, 1.54) is 4.57 Å². The maximum absolute atomic E-state index is 12.7. The molecule has 0 aliphatic carbocycles. The third-order valence-electron chi connectivity index (χ3n) is 5.65. The van der Waals surface area contributed by atoms with Crippen LogP contribution in [-0.2, 0) is 6.54 Å². The number of piperidine rings is 1. The van der Waals surface area contributed by atoms with E-state index in [0.717, 1.165) is 30.5 Å². The van der Waals surface area contributed by atoms with Gasteiger partial charge in [0.25, 0.3) is 0 Å². The fourth-order valence-corrected chi connectivity index (χ4v) is 4.40. The van der Waals surface area contributed by atoms with Gasteiger partial charge in [0.1, 0.15) is 11.9 Å². The monoisotopic (exact) mass is 478 g/mol. The standard InChI is InChI=1S/C22H24Cl2N4O4/c23-17-6-5-16(11-18(17)24)32-15-7-9-26(10-8-15)12-14(29)13-27-19-3-1-2-4-20(19)28(21(25)30)22(27)31/h1-6,11,14-15,29H,7-10,12-13H2,(H2,25,30). The minimum absolute atomic E-state index is 0.0526. The van der Waals surface area contributed by atoms with Crippen LogP contribution in [0, 0.1) is 0 Å². The zero-order valence-corrected chi connectivity index (χ0v) is 18.8. The van der Waals surface area contributed by atoms with Crippen molar-refractivity contribution < 1.29 is 14.6 Å². The number of β-amino-alcohol motifs (C(OH)–C–C–N with tert-alkyl or cyclic N) is 1. The van der Waals surface area contributed by atoms with Gasteiger partial charge in [-0.2, -0.15) is 0 Å². The lowest BCUT2D eigenvalue weighted by Gasteiger charge is -2.33. The molecule has 1 atom stereocenters. The average molecular weight is 479 g/mol. The molecular weight excluding hydrogens is 455 g/mol. The zero-order valence-electron chi connectivity index (χ0n) is 17.3. The van der Waals surface area contributed by atoms with Gasteiger partial charge in [-0.05, 0) is 37.1 Å². The summed E-state index contributed by atoms with van der Waals surface area (Å²) in [6, 6.07) is 11.3. The summed E-state index contributed by atoms with van der Waals surface area (Å²) in [6.45, 7) is 1.98. The number of primary amides is 1. The average Bonchev–Trinajstić information content (AvgIpc) is 3.04. The Morgan fingerprint density at radius 3 is 2.44 bits per heavy atom. The van der Waals surface area contributed by atoms with Crippen LogP contribution < -0.4 is 16.2 Å². The number of carbonyl (C=O) groups excluding carboxylic acids is 1. The molecule has 0 saturated carbocycles. The zero-order chi connectivity index (χ0) is 22.8. The number of imidazole rings is 1. The van der Waals surface area contributed by atoms with Crippen LogP contribution in [0.25, 0.3) is 11.0 Å². The number of likely N-dealkylation sites (tertiary alicyclic amines) is 1. The summed E-state index contributed by atoms with van der Waals surface area (Å²) in [5, 5.41) is 11.6. The van der Waals surface area contributed by atoms with Crippen molar-refractivity contribution in [2.24, 2.45) is 5.73 Å². The lowest BCUT2D eigenvalue weighted by atomic mass is 10.1. The maximum Gasteiger partial charge on any atom is 0.337 e. The van der Waals surface area contributed by atoms with E-state index in [1.54, 1.807) is 42.5 Å². The topological polar surface area (TPSA) is 103 Å². The smallest absolute Gasteiger partial charge is 0.337 e. The van der Waals surface area contributed by atoms with Gasteiger partial charge >= 0.3 is 11.7 Å². The van der Waals surface area contributed by atoms with Crippen molar-refractivity contribution in [2.75, 3.05) is 19.6 Å². The maximum atomic E-state index is 12.7. The summed E-state index contributed by atoms with van der Waals surface area (Å²) < 4.78 is 8.32. The van der Waals surface area contributed by atoms with Crippen molar-refractivity contribution in [3.8, 4) is 5.75 Å². The summed E-state index contributed by atoms with van der Waals surface area (Å²) in [7, 11) is 0. The molecule has 3 aromatic rings. The molecule has 0 radical (unpaired) electrons. The number of hydrogen-bond acceptors (Lipinski definition) is 5. The summed E-state index contributed by atoms with van der Waals surface area (Å²) >= 11 is 12.0. The number of rotatable bonds is 6. The SMILES string of the molecule is NC(=O)n1c(=O)n(CC(O)CN2CCC(Oc3ccc(Cl)c(Cl)c3)CC2)c2ccccc21. The van der Waals surface area contributed by atoms with Gasteiger partial charge in [-0.15, -0.1) is 0 Å². The Hall–Kier alpha value is -2.52. The molecule has 4 rings (SSSR count). The fourth-order valence-electron chi connectivity index (χ4n) is 4.12. The molecule has 1 aliphatic rings. The first-order valence-corrected chi connectivity index (χ1v) is 11.1. The van der Waals surface area contributed by atoms with Crippen LogP contribution >= 0.6 is 23.2 Å². The van der Waals surface area contributed by atoms with Crippen molar-refractivity contribution >= 4 is 40.3 Å². The Balaban J connectivity index is 1.35. The number of halogens is 2. The molecule has 0 spiro atoms. The van der Waals surface area contributed by atoms with Gasteiger partial charge in [0.2, 0.25) is 0 Å². The van der Waals surface area contributed by atoms with Crippen molar-refractivity contribution in [1.82, 2.24) is 14.0 Å². The van der Waals surface area contributed by atoms with Gasteiger partial charge in [0.15, 0.2) is 0 Å². The van der Waals surface area contributed by atoms with Crippen LogP contribution in [0.4, 0.5) is 4.79 Å². The molecule has 170 valence electrons. The number of aliphatic hydroxyl groups excluding tert-OH is 1. The summed E-state index contributed by atoms with van der Waals surface area (Å²) in [6.07, 6.45) is 0.867. The quantitative estimate of drug-likeness (QED) is 0.566. The third-order valence-corrected chi connectivity index (χ3v) is 6.39. The number of aromatic nitrogens is 2. The Bertz CT molecular complexity index is 1180. The second-order valence-electron chi connectivity index (χ2n) is 7.90. The van der Waals surface area contributed by atoms with Crippen LogP contribution in [-0.4, -0.2) is 57.0 Å². The van der Waals surface area contributed by atoms with Gasteiger partial charge < -0.3 is 20.5 Å². The highest BCUT2D eigenvalue weighted by atomic mass is 35.5. The van der Waals surface area contributed by atoms with Gasteiger partial charge in [0.05, 0.1) is 33.7 Å². The highest BCUT2D eigenvalue weighted by molar-refractivity contribution is 6.42. The lowest BCUT2D eigenvalue weighted by molar-refractivity contribution is 0.0549. The van der Waals surface area contributed by atoms with Gasteiger partial charge in [0, 0.05) is 25.7 Å². The molecule has 1 aromatic heterocycles. The normalized spacial score (nSPS) is 16.3. The van der Waals surface area contributed by atoms with Crippen LogP contribution in [0.3, 0.4) is 0 Å². The highest BCUT2D eigenvalue weighted by Gasteiger charge is 2.24. The molecule has 1 unspecified atom stereocenters. The largest absolute Gasteiger partial charge is 0.490 e. The second kappa shape index (κ2) is 9.54. The van der Waals surface area contributed by atoms with Crippen molar-refractivity contribution in [3.05, 3.63) is 63.0 Å². The number of carbonyl (C=O) groups is 1. The van der Waals surface area contributed by atoms with E-state index in [-0.39, 0.29) is 12.6 Å². The molecule has 2 aromatic carbocycles. The van der Waals surface area contributed by atoms with Crippen LogP contribution in [0.15, 0.2) is 47.3 Å². The first kappa shape index (κ1) is 22.7. The molecule has 1 aliphatic heterocycles. The molecule has 0 bridgehead atoms. The van der Waals surface area contributed by atoms with E-state index in [2.05, 4.69) is 4.90 Å². The number of hydrogen-bond donors (Lipinski definition) is 2. The molecule has 32 heavy (non-hydrogen) atoms. The number of ether oxygens (including phenoxy) is 1. The number of para-hydroxylation sites is 2. The predicted octanol–water partition coefficient (Wildman–Crippen LogP) is 2.94. The molecule has 2 heterocycles. The molecule has 3 N–H and O–H groups in total. The fraction of sp³-hybridized carbons (Fsp3) is 0.364. The number of fused-ring (bicyclic) bond motifs is 1.